The predicted octanol–water partition coefficient (Wildman–Crippen LogP) is 5.50. The van der Waals surface area contributed by atoms with Crippen molar-refractivity contribution in [1.29, 1.82) is 0 Å². The second-order valence-electron chi connectivity index (χ2n) is 9.16. The van der Waals surface area contributed by atoms with Gasteiger partial charge in [0.2, 0.25) is 5.91 Å². The summed E-state index contributed by atoms with van der Waals surface area (Å²) >= 11 is 0. The normalized spacial score (nSPS) is 14.0. The zero-order valence-corrected chi connectivity index (χ0v) is 19.9. The Kier molecular flexibility index (Phi) is 8.83. The number of benzene rings is 2. The molecular weight excluding hydrogens is 402 g/mol. The molecule has 0 spiro atoms. The fraction of sp³-hybridized carbons (Fsp3) is 0.519. The number of aryl methyl sites for hydroxylation is 1. The SMILES string of the molecule is COc1ccccc1CCC(C)CC(=O)N(Cc1ccc2c(c1)OCCCO2)CC(C)C. The van der Waals surface area contributed by atoms with Gasteiger partial charge in [0.15, 0.2) is 11.5 Å². The van der Waals surface area contributed by atoms with Gasteiger partial charge in [-0.3, -0.25) is 4.79 Å². The number of carbonyl (C=O) groups is 1. The van der Waals surface area contributed by atoms with Gasteiger partial charge in [-0.1, -0.05) is 45.0 Å². The highest BCUT2D eigenvalue weighted by molar-refractivity contribution is 5.76. The average Bonchev–Trinajstić information content (AvgIpc) is 3.02. The fourth-order valence-electron chi connectivity index (χ4n) is 4.06. The zero-order chi connectivity index (χ0) is 22.9. The van der Waals surface area contributed by atoms with Crippen LogP contribution in [0.15, 0.2) is 42.5 Å². The number of amides is 1. The van der Waals surface area contributed by atoms with Crippen molar-refractivity contribution < 1.29 is 19.0 Å². The maximum Gasteiger partial charge on any atom is 0.223 e. The molecule has 1 aliphatic heterocycles. The Morgan fingerprint density at radius 2 is 1.81 bits per heavy atom. The first-order chi connectivity index (χ1) is 15.5. The minimum Gasteiger partial charge on any atom is -0.496 e. The van der Waals surface area contributed by atoms with Gasteiger partial charge < -0.3 is 19.1 Å². The Morgan fingerprint density at radius 1 is 1.06 bits per heavy atom. The Balaban J connectivity index is 1.61. The Bertz CT molecular complexity index is 880. The second kappa shape index (κ2) is 11.8. The predicted molar refractivity (Wildman–Crippen MR) is 127 cm³/mol. The lowest BCUT2D eigenvalue weighted by Gasteiger charge is -2.26. The summed E-state index contributed by atoms with van der Waals surface area (Å²) in [5.74, 6) is 3.40. The molecule has 1 heterocycles. The van der Waals surface area contributed by atoms with E-state index < -0.39 is 0 Å². The quantitative estimate of drug-likeness (QED) is 0.490. The topological polar surface area (TPSA) is 48.0 Å². The van der Waals surface area contributed by atoms with Gasteiger partial charge in [0.25, 0.3) is 0 Å². The summed E-state index contributed by atoms with van der Waals surface area (Å²) in [5, 5.41) is 0. The van der Waals surface area contributed by atoms with Gasteiger partial charge in [-0.25, -0.2) is 0 Å². The van der Waals surface area contributed by atoms with Crippen LogP contribution < -0.4 is 14.2 Å². The van der Waals surface area contributed by atoms with Gasteiger partial charge in [0, 0.05) is 25.9 Å². The van der Waals surface area contributed by atoms with Crippen molar-refractivity contribution in [3.05, 3.63) is 53.6 Å². The molecule has 174 valence electrons. The van der Waals surface area contributed by atoms with Crippen molar-refractivity contribution >= 4 is 5.91 Å². The van der Waals surface area contributed by atoms with Crippen LogP contribution in [0, 0.1) is 11.8 Å². The highest BCUT2D eigenvalue weighted by Gasteiger charge is 2.20. The molecule has 1 unspecified atom stereocenters. The summed E-state index contributed by atoms with van der Waals surface area (Å²) in [6.07, 6.45) is 3.29. The van der Waals surface area contributed by atoms with E-state index >= 15 is 0 Å². The first kappa shape index (κ1) is 24.0. The molecule has 0 bridgehead atoms. The lowest BCUT2D eigenvalue weighted by molar-refractivity contribution is -0.133. The summed E-state index contributed by atoms with van der Waals surface area (Å²) in [7, 11) is 1.70. The minimum atomic E-state index is 0.207. The number of ether oxygens (including phenoxy) is 3. The number of para-hydroxylation sites is 1. The smallest absolute Gasteiger partial charge is 0.223 e. The number of carbonyl (C=O) groups excluding carboxylic acids is 1. The highest BCUT2D eigenvalue weighted by atomic mass is 16.5. The molecule has 0 aliphatic carbocycles. The van der Waals surface area contributed by atoms with Gasteiger partial charge in [-0.15, -0.1) is 0 Å². The number of methoxy groups -OCH3 is 1. The highest BCUT2D eigenvalue weighted by Crippen LogP contribution is 2.31. The maximum absolute atomic E-state index is 13.2. The molecule has 2 aromatic rings. The Morgan fingerprint density at radius 3 is 2.56 bits per heavy atom. The van der Waals surface area contributed by atoms with E-state index in [9.17, 15) is 4.79 Å². The van der Waals surface area contributed by atoms with Crippen LogP contribution in [0.2, 0.25) is 0 Å². The molecule has 1 atom stereocenters. The molecule has 0 radical (unpaired) electrons. The van der Waals surface area contributed by atoms with Gasteiger partial charge in [-0.2, -0.15) is 0 Å². The molecule has 5 nitrogen and oxygen atoms in total. The van der Waals surface area contributed by atoms with Gasteiger partial charge >= 0.3 is 0 Å². The molecule has 2 aromatic carbocycles. The maximum atomic E-state index is 13.2. The lowest BCUT2D eigenvalue weighted by Crippen LogP contribution is -2.34. The van der Waals surface area contributed by atoms with E-state index in [2.05, 4.69) is 26.8 Å². The van der Waals surface area contributed by atoms with Crippen LogP contribution in [0.3, 0.4) is 0 Å². The van der Waals surface area contributed by atoms with Crippen LogP contribution in [0.1, 0.15) is 51.2 Å². The number of hydrogen-bond acceptors (Lipinski definition) is 4. The summed E-state index contributed by atoms with van der Waals surface area (Å²) in [6.45, 7) is 9.14. The summed E-state index contributed by atoms with van der Waals surface area (Å²) in [5.41, 5.74) is 2.27. The monoisotopic (exact) mass is 439 g/mol. The van der Waals surface area contributed by atoms with Crippen LogP contribution in [-0.4, -0.2) is 37.7 Å². The largest absolute Gasteiger partial charge is 0.496 e. The standard InChI is InChI=1S/C27H37NO4/c1-20(2)18-28(19-22-11-13-25-26(17-22)32-15-7-14-31-25)27(29)16-21(3)10-12-23-8-5-6-9-24(23)30-4/h5-6,8-9,11,13,17,20-21H,7,10,12,14-16,18-19H2,1-4H3. The lowest BCUT2D eigenvalue weighted by atomic mass is 9.97. The molecule has 5 heteroatoms. The molecule has 3 rings (SSSR count). The third-order valence-electron chi connectivity index (χ3n) is 5.75. The average molecular weight is 440 g/mol. The van der Waals surface area contributed by atoms with Crippen LogP contribution in [0.4, 0.5) is 0 Å². The van der Waals surface area contributed by atoms with Crippen LogP contribution in [0.5, 0.6) is 17.2 Å². The molecule has 0 fully saturated rings. The minimum absolute atomic E-state index is 0.207. The second-order valence-corrected chi connectivity index (χ2v) is 9.16. The molecule has 0 saturated carbocycles. The number of hydrogen-bond donors (Lipinski definition) is 0. The Hall–Kier alpha value is -2.69. The van der Waals surface area contributed by atoms with Gasteiger partial charge in [-0.05, 0) is 54.0 Å². The van der Waals surface area contributed by atoms with E-state index in [1.165, 1.54) is 5.56 Å². The molecule has 1 amide bonds. The first-order valence-electron chi connectivity index (χ1n) is 11.7. The van der Waals surface area contributed by atoms with E-state index in [-0.39, 0.29) is 5.91 Å². The first-order valence-corrected chi connectivity index (χ1v) is 11.7. The number of rotatable bonds is 10. The summed E-state index contributed by atoms with van der Waals surface area (Å²) in [6, 6.07) is 14.1. The number of nitrogens with zero attached hydrogens (tertiary/aromatic N) is 1. The van der Waals surface area contributed by atoms with Crippen LogP contribution >= 0.6 is 0 Å². The molecule has 1 aliphatic rings. The summed E-state index contributed by atoms with van der Waals surface area (Å²) < 4.78 is 17.0. The van der Waals surface area contributed by atoms with Crippen LogP contribution in [-0.2, 0) is 17.8 Å². The van der Waals surface area contributed by atoms with Crippen molar-refractivity contribution in [2.75, 3.05) is 26.9 Å². The van der Waals surface area contributed by atoms with Crippen molar-refractivity contribution in [3.8, 4) is 17.2 Å². The zero-order valence-electron chi connectivity index (χ0n) is 19.9. The van der Waals surface area contributed by atoms with Gasteiger partial charge in [0.05, 0.1) is 20.3 Å². The molecule has 0 N–H and O–H groups in total. The Labute approximate surface area is 192 Å². The third-order valence-corrected chi connectivity index (χ3v) is 5.75. The van der Waals surface area contributed by atoms with E-state index in [0.717, 1.165) is 48.6 Å². The third kappa shape index (κ3) is 6.91. The molecule has 32 heavy (non-hydrogen) atoms. The van der Waals surface area contributed by atoms with Crippen molar-refractivity contribution in [2.24, 2.45) is 11.8 Å². The molecule has 0 aromatic heterocycles. The molecule has 0 saturated heterocycles. The molecular formula is C27H37NO4. The van der Waals surface area contributed by atoms with Crippen molar-refractivity contribution in [2.45, 2.75) is 53.0 Å². The van der Waals surface area contributed by atoms with Crippen molar-refractivity contribution in [1.82, 2.24) is 4.90 Å². The van der Waals surface area contributed by atoms with Crippen molar-refractivity contribution in [3.63, 3.8) is 0 Å². The summed E-state index contributed by atoms with van der Waals surface area (Å²) in [4.78, 5) is 15.2. The van der Waals surface area contributed by atoms with E-state index in [1.54, 1.807) is 7.11 Å². The fourth-order valence-corrected chi connectivity index (χ4v) is 4.06. The number of fused-ring (bicyclic) bond motifs is 1. The van der Waals surface area contributed by atoms with E-state index in [0.29, 0.717) is 38.0 Å². The van der Waals surface area contributed by atoms with E-state index in [1.807, 2.05) is 41.3 Å². The van der Waals surface area contributed by atoms with Gasteiger partial charge in [0.1, 0.15) is 5.75 Å². The van der Waals surface area contributed by atoms with Crippen LogP contribution in [0.25, 0.3) is 0 Å². The van der Waals surface area contributed by atoms with E-state index in [4.69, 9.17) is 14.2 Å².